The van der Waals surface area contributed by atoms with Gasteiger partial charge in [-0.3, -0.25) is 4.98 Å². The average molecular weight is 411 g/mol. The molecule has 0 bridgehead atoms. The molecule has 0 saturated carbocycles. The molecule has 0 atom stereocenters. The first kappa shape index (κ1) is 18.1. The molecule has 2 heterocycles. The van der Waals surface area contributed by atoms with E-state index in [9.17, 15) is 4.57 Å². The maximum absolute atomic E-state index is 14.5. The van der Waals surface area contributed by atoms with E-state index in [1.54, 1.807) is 11.3 Å². The second-order valence-electron chi connectivity index (χ2n) is 6.80. The number of pyridine rings is 1. The molecule has 0 aliphatic rings. The molecule has 5 aromatic rings. The highest BCUT2D eigenvalue weighted by Crippen LogP contribution is 2.45. The maximum Gasteiger partial charge on any atom is 0.180 e. The van der Waals surface area contributed by atoms with Crippen molar-refractivity contribution >= 4 is 44.5 Å². The Morgan fingerprint density at radius 3 is 1.97 bits per heavy atom. The normalized spacial score (nSPS) is 11.6. The van der Waals surface area contributed by atoms with Crippen molar-refractivity contribution < 1.29 is 4.57 Å². The Bertz CT molecular complexity index is 1280. The van der Waals surface area contributed by atoms with E-state index in [2.05, 4.69) is 17.1 Å². The van der Waals surface area contributed by atoms with Gasteiger partial charge in [0, 0.05) is 22.2 Å². The predicted octanol–water partition coefficient (Wildman–Crippen LogP) is 5.60. The maximum atomic E-state index is 14.5. The van der Waals surface area contributed by atoms with Crippen molar-refractivity contribution in [3.63, 3.8) is 0 Å². The van der Waals surface area contributed by atoms with Crippen molar-refractivity contribution in [2.45, 2.75) is 0 Å². The van der Waals surface area contributed by atoms with Gasteiger partial charge in [0.05, 0.1) is 15.2 Å². The fraction of sp³-hybridized carbons (Fsp3) is 0. The van der Waals surface area contributed by atoms with Gasteiger partial charge in [-0.2, -0.15) is 0 Å². The van der Waals surface area contributed by atoms with Crippen LogP contribution in [-0.2, 0) is 4.57 Å². The smallest absolute Gasteiger partial charge is 0.180 e. The van der Waals surface area contributed by atoms with Crippen LogP contribution in [0.3, 0.4) is 0 Å². The zero-order chi connectivity index (χ0) is 19.7. The molecular weight excluding hydrogens is 393 g/mol. The van der Waals surface area contributed by atoms with E-state index in [4.69, 9.17) is 0 Å². The van der Waals surface area contributed by atoms with Gasteiger partial charge in [-0.05, 0) is 23.6 Å². The molecule has 2 nitrogen and oxygen atoms in total. The van der Waals surface area contributed by atoms with Crippen LogP contribution in [0.1, 0.15) is 0 Å². The van der Waals surface area contributed by atoms with E-state index in [0.717, 1.165) is 36.6 Å². The van der Waals surface area contributed by atoms with Crippen LogP contribution in [0.15, 0.2) is 109 Å². The van der Waals surface area contributed by atoms with Crippen molar-refractivity contribution in [2.24, 2.45) is 0 Å². The van der Waals surface area contributed by atoms with E-state index < -0.39 is 7.14 Å². The molecule has 29 heavy (non-hydrogen) atoms. The van der Waals surface area contributed by atoms with Crippen molar-refractivity contribution in [3.8, 4) is 10.6 Å². The van der Waals surface area contributed by atoms with Crippen molar-refractivity contribution in [3.05, 3.63) is 109 Å². The van der Waals surface area contributed by atoms with Gasteiger partial charge < -0.3 is 4.57 Å². The first-order valence-electron chi connectivity index (χ1n) is 9.42. The molecule has 0 radical (unpaired) electrons. The summed E-state index contributed by atoms with van der Waals surface area (Å²) in [6.07, 6.45) is 1.84. The number of benzene rings is 3. The summed E-state index contributed by atoms with van der Waals surface area (Å²) in [5.41, 5.74) is 0.937. The van der Waals surface area contributed by atoms with Crippen molar-refractivity contribution in [2.75, 3.05) is 0 Å². The lowest BCUT2D eigenvalue weighted by Gasteiger charge is -2.17. The Morgan fingerprint density at radius 1 is 0.655 bits per heavy atom. The van der Waals surface area contributed by atoms with Gasteiger partial charge in [0.1, 0.15) is 0 Å². The molecule has 5 rings (SSSR count). The monoisotopic (exact) mass is 411 g/mol. The first-order valence-corrected chi connectivity index (χ1v) is 11.9. The van der Waals surface area contributed by atoms with Crippen LogP contribution in [0.25, 0.3) is 21.3 Å². The quantitative estimate of drug-likeness (QED) is 0.360. The van der Waals surface area contributed by atoms with Gasteiger partial charge in [0.15, 0.2) is 7.14 Å². The molecule has 0 aliphatic carbocycles. The van der Waals surface area contributed by atoms with Crippen LogP contribution >= 0.6 is 18.5 Å². The molecule has 0 N–H and O–H groups in total. The van der Waals surface area contributed by atoms with Gasteiger partial charge in [-0.25, -0.2) is 0 Å². The van der Waals surface area contributed by atoms with E-state index in [1.807, 2.05) is 97.2 Å². The summed E-state index contributed by atoms with van der Waals surface area (Å²) >= 11 is 1.57. The second-order valence-corrected chi connectivity index (χ2v) is 10.9. The van der Waals surface area contributed by atoms with Crippen LogP contribution in [0.2, 0.25) is 0 Å². The molecule has 140 valence electrons. The Balaban J connectivity index is 1.70. The van der Waals surface area contributed by atoms with Crippen LogP contribution in [0.4, 0.5) is 0 Å². The standard InChI is InChI=1S/C25H18NOPS/c27-28(20-10-3-1-4-11-20,21-12-5-2-6-13-21)24-16-15-23(29-24)25-22-14-8-7-9-19(22)17-18-26-25/h1-18H. The molecular formula is C25H18NOPS. The van der Waals surface area contributed by atoms with Gasteiger partial charge >= 0.3 is 0 Å². The summed E-state index contributed by atoms with van der Waals surface area (Å²) < 4.78 is 15.4. The molecule has 0 amide bonds. The second kappa shape index (κ2) is 7.44. The number of hydrogen-bond donors (Lipinski definition) is 0. The highest BCUT2D eigenvalue weighted by atomic mass is 32.1. The van der Waals surface area contributed by atoms with Gasteiger partial charge in [0.25, 0.3) is 0 Å². The molecule has 0 saturated heterocycles. The summed E-state index contributed by atoms with van der Waals surface area (Å²) in [4.78, 5) is 5.67. The summed E-state index contributed by atoms with van der Waals surface area (Å²) in [6, 6.07) is 33.9. The lowest BCUT2D eigenvalue weighted by atomic mass is 10.1. The number of fused-ring (bicyclic) bond motifs is 1. The number of nitrogens with zero attached hydrogens (tertiary/aromatic N) is 1. The SMILES string of the molecule is O=P(c1ccccc1)(c1ccccc1)c1ccc(-c2nccc3ccccc23)s1. The van der Waals surface area contributed by atoms with Crippen LogP contribution in [0.5, 0.6) is 0 Å². The number of hydrogen-bond acceptors (Lipinski definition) is 3. The topological polar surface area (TPSA) is 30.0 Å². The number of rotatable bonds is 4. The summed E-state index contributed by atoms with van der Waals surface area (Å²) in [7, 11) is -2.95. The fourth-order valence-corrected chi connectivity index (χ4v) is 8.09. The Hall–Kier alpha value is -3.00. The van der Waals surface area contributed by atoms with Crippen LogP contribution in [-0.4, -0.2) is 4.98 Å². The average Bonchev–Trinajstić information content (AvgIpc) is 3.30. The predicted molar refractivity (Wildman–Crippen MR) is 124 cm³/mol. The third kappa shape index (κ3) is 3.13. The summed E-state index contributed by atoms with van der Waals surface area (Å²) in [6.45, 7) is 0. The molecule has 2 aromatic heterocycles. The van der Waals surface area contributed by atoms with E-state index in [1.165, 1.54) is 0 Å². The third-order valence-electron chi connectivity index (χ3n) is 5.05. The minimum atomic E-state index is -2.95. The van der Waals surface area contributed by atoms with E-state index in [-0.39, 0.29) is 0 Å². The lowest BCUT2D eigenvalue weighted by molar-refractivity contribution is 0.593. The summed E-state index contributed by atoms with van der Waals surface area (Å²) in [5, 5.41) is 3.97. The largest absolute Gasteiger partial charge is 0.308 e. The molecule has 0 aliphatic heterocycles. The lowest BCUT2D eigenvalue weighted by Crippen LogP contribution is -2.22. The summed E-state index contributed by atoms with van der Waals surface area (Å²) in [5.74, 6) is 0. The third-order valence-corrected chi connectivity index (χ3v) is 9.81. The highest BCUT2D eigenvalue weighted by molar-refractivity contribution is 7.89. The van der Waals surface area contributed by atoms with Crippen molar-refractivity contribution in [1.82, 2.24) is 4.98 Å². The fourth-order valence-electron chi connectivity index (χ4n) is 3.62. The Labute approximate surface area is 173 Å². The first-order chi connectivity index (χ1) is 14.3. The van der Waals surface area contributed by atoms with Gasteiger partial charge in [-0.1, -0.05) is 84.9 Å². The highest BCUT2D eigenvalue weighted by Gasteiger charge is 2.31. The van der Waals surface area contributed by atoms with Crippen molar-refractivity contribution in [1.29, 1.82) is 0 Å². The van der Waals surface area contributed by atoms with Crippen LogP contribution < -0.4 is 15.2 Å². The molecule has 4 heteroatoms. The van der Waals surface area contributed by atoms with E-state index in [0.29, 0.717) is 0 Å². The zero-order valence-corrected chi connectivity index (χ0v) is 17.3. The molecule has 3 aromatic carbocycles. The molecule has 0 fully saturated rings. The number of aromatic nitrogens is 1. The van der Waals surface area contributed by atoms with Gasteiger partial charge in [-0.15, -0.1) is 11.3 Å². The molecule has 0 unspecified atom stereocenters. The number of thiophene rings is 1. The van der Waals surface area contributed by atoms with Crippen LogP contribution in [0, 0.1) is 0 Å². The zero-order valence-electron chi connectivity index (χ0n) is 15.6. The minimum Gasteiger partial charge on any atom is -0.308 e. The molecule has 0 spiro atoms. The van der Waals surface area contributed by atoms with E-state index >= 15 is 0 Å². The Kier molecular flexibility index (Phi) is 4.63. The Morgan fingerprint density at radius 2 is 1.28 bits per heavy atom. The van der Waals surface area contributed by atoms with Gasteiger partial charge in [0.2, 0.25) is 0 Å². The minimum absolute atomic E-state index is 0.852.